The maximum absolute atomic E-state index is 13.2. The van der Waals surface area contributed by atoms with Crippen LogP contribution in [0.3, 0.4) is 0 Å². The van der Waals surface area contributed by atoms with Gasteiger partial charge in [-0.05, 0) is 42.5 Å². The maximum atomic E-state index is 13.2. The van der Waals surface area contributed by atoms with Crippen molar-refractivity contribution in [2.45, 2.75) is 6.04 Å². The van der Waals surface area contributed by atoms with E-state index in [-0.39, 0.29) is 17.8 Å². The Morgan fingerprint density at radius 3 is 2.69 bits per heavy atom. The van der Waals surface area contributed by atoms with Gasteiger partial charge in [0.15, 0.2) is 0 Å². The predicted molar refractivity (Wildman–Crippen MR) is 105 cm³/mol. The molecule has 1 aliphatic heterocycles. The molecule has 29 heavy (non-hydrogen) atoms. The molecule has 7 nitrogen and oxygen atoms in total. The molecule has 1 saturated heterocycles. The SMILES string of the molecule is Cn1nc(-c2ccc(F)cc2)cc1C(=O)NC[C@@H](c1ccco1)N1CCOCC1. The Hall–Kier alpha value is -2.97. The van der Waals surface area contributed by atoms with Crippen molar-refractivity contribution in [1.82, 2.24) is 20.0 Å². The molecule has 0 saturated carbocycles. The molecule has 0 unspecified atom stereocenters. The fourth-order valence-corrected chi connectivity index (χ4v) is 3.50. The normalized spacial score (nSPS) is 15.9. The van der Waals surface area contributed by atoms with Crippen LogP contribution in [0.2, 0.25) is 0 Å². The molecule has 1 amide bonds. The molecule has 1 aromatic carbocycles. The van der Waals surface area contributed by atoms with Gasteiger partial charge >= 0.3 is 0 Å². The highest BCUT2D eigenvalue weighted by Crippen LogP contribution is 2.23. The van der Waals surface area contributed by atoms with Crippen LogP contribution >= 0.6 is 0 Å². The molecule has 1 N–H and O–H groups in total. The monoisotopic (exact) mass is 398 g/mol. The number of carbonyl (C=O) groups is 1. The van der Waals surface area contributed by atoms with Crippen molar-refractivity contribution in [2.75, 3.05) is 32.8 Å². The number of carbonyl (C=O) groups excluding carboxylic acids is 1. The largest absolute Gasteiger partial charge is 0.468 e. The number of ether oxygens (including phenoxy) is 1. The number of benzene rings is 1. The van der Waals surface area contributed by atoms with Crippen LogP contribution in [0.4, 0.5) is 4.39 Å². The highest BCUT2D eigenvalue weighted by molar-refractivity contribution is 5.93. The highest BCUT2D eigenvalue weighted by atomic mass is 19.1. The number of amides is 1. The Labute approximate surface area is 168 Å². The summed E-state index contributed by atoms with van der Waals surface area (Å²) >= 11 is 0. The third-order valence-corrected chi connectivity index (χ3v) is 5.07. The van der Waals surface area contributed by atoms with Crippen molar-refractivity contribution < 1.29 is 18.3 Å². The molecule has 3 heterocycles. The van der Waals surface area contributed by atoms with Crippen molar-refractivity contribution in [2.24, 2.45) is 7.05 Å². The van der Waals surface area contributed by atoms with E-state index in [1.54, 1.807) is 31.5 Å². The Bertz CT molecular complexity index is 947. The fraction of sp³-hybridized carbons (Fsp3) is 0.333. The first-order chi connectivity index (χ1) is 14.1. The molecule has 0 aliphatic carbocycles. The molecule has 0 bridgehead atoms. The summed E-state index contributed by atoms with van der Waals surface area (Å²) in [7, 11) is 1.72. The smallest absolute Gasteiger partial charge is 0.269 e. The number of nitrogens with zero attached hydrogens (tertiary/aromatic N) is 3. The number of hydrogen-bond donors (Lipinski definition) is 1. The van der Waals surface area contributed by atoms with Crippen LogP contribution < -0.4 is 5.32 Å². The van der Waals surface area contributed by atoms with Crippen molar-refractivity contribution >= 4 is 5.91 Å². The minimum atomic E-state index is -0.310. The number of furan rings is 1. The summed E-state index contributed by atoms with van der Waals surface area (Å²) in [6.45, 7) is 3.29. The van der Waals surface area contributed by atoms with Gasteiger partial charge in [-0.2, -0.15) is 5.10 Å². The third kappa shape index (κ3) is 4.38. The van der Waals surface area contributed by atoms with Gasteiger partial charge in [0.25, 0.3) is 5.91 Å². The Morgan fingerprint density at radius 1 is 1.24 bits per heavy atom. The first-order valence-electron chi connectivity index (χ1n) is 9.55. The second-order valence-electron chi connectivity index (χ2n) is 6.93. The lowest BCUT2D eigenvalue weighted by molar-refractivity contribution is 0.0118. The summed E-state index contributed by atoms with van der Waals surface area (Å²) in [4.78, 5) is 15.1. The molecule has 4 rings (SSSR count). The zero-order valence-electron chi connectivity index (χ0n) is 16.2. The molecular weight excluding hydrogens is 375 g/mol. The molecule has 1 atom stereocenters. The van der Waals surface area contributed by atoms with Gasteiger partial charge in [-0.25, -0.2) is 4.39 Å². The average Bonchev–Trinajstić information content (AvgIpc) is 3.40. The van der Waals surface area contributed by atoms with E-state index < -0.39 is 0 Å². The summed E-state index contributed by atoms with van der Waals surface area (Å²) in [6, 6.07) is 11.4. The van der Waals surface area contributed by atoms with Crippen molar-refractivity contribution in [3.63, 3.8) is 0 Å². The zero-order chi connectivity index (χ0) is 20.2. The lowest BCUT2D eigenvalue weighted by Crippen LogP contribution is -2.43. The van der Waals surface area contributed by atoms with Gasteiger partial charge in [0, 0.05) is 32.2 Å². The number of aryl methyl sites for hydroxylation is 1. The molecule has 3 aromatic rings. The number of hydrogen-bond acceptors (Lipinski definition) is 5. The number of nitrogens with one attached hydrogen (secondary N) is 1. The van der Waals surface area contributed by atoms with E-state index in [9.17, 15) is 9.18 Å². The molecule has 152 valence electrons. The standard InChI is InChI=1S/C21H23FN4O3/c1-25-18(13-17(24-25)15-4-6-16(22)7-5-15)21(27)23-14-19(20-3-2-10-29-20)26-8-11-28-12-9-26/h2-7,10,13,19H,8-9,11-12,14H2,1H3,(H,23,27)/t19-/m0/s1. The first kappa shape index (κ1) is 19.4. The van der Waals surface area contributed by atoms with Crippen molar-refractivity contribution in [1.29, 1.82) is 0 Å². The van der Waals surface area contributed by atoms with Gasteiger partial charge in [-0.15, -0.1) is 0 Å². The lowest BCUT2D eigenvalue weighted by atomic mass is 10.1. The fourth-order valence-electron chi connectivity index (χ4n) is 3.50. The van der Waals surface area contributed by atoms with Crippen LogP contribution in [-0.4, -0.2) is 53.4 Å². The Morgan fingerprint density at radius 2 is 2.00 bits per heavy atom. The molecule has 1 fully saturated rings. The van der Waals surface area contributed by atoms with Gasteiger partial charge in [0.2, 0.25) is 0 Å². The van der Waals surface area contributed by atoms with Crippen molar-refractivity contribution in [3.8, 4) is 11.3 Å². The van der Waals surface area contributed by atoms with Crippen molar-refractivity contribution in [3.05, 3.63) is 66.0 Å². The van der Waals surface area contributed by atoms with Gasteiger partial charge in [0.1, 0.15) is 17.3 Å². The predicted octanol–water partition coefficient (Wildman–Crippen LogP) is 2.62. The summed E-state index contributed by atoms with van der Waals surface area (Å²) in [5, 5.41) is 7.38. The molecular formula is C21H23FN4O3. The zero-order valence-corrected chi connectivity index (χ0v) is 16.2. The van der Waals surface area contributed by atoms with E-state index in [0.717, 1.165) is 24.4 Å². The maximum Gasteiger partial charge on any atom is 0.269 e. The minimum absolute atomic E-state index is 0.0670. The molecule has 2 aromatic heterocycles. The number of rotatable bonds is 6. The molecule has 8 heteroatoms. The van der Waals surface area contributed by atoms with E-state index in [0.29, 0.717) is 31.1 Å². The second-order valence-corrected chi connectivity index (χ2v) is 6.93. The summed E-state index contributed by atoms with van der Waals surface area (Å²) in [5.74, 6) is 0.275. The van der Waals surface area contributed by atoms with Gasteiger partial charge < -0.3 is 14.5 Å². The first-order valence-corrected chi connectivity index (χ1v) is 9.55. The topological polar surface area (TPSA) is 72.5 Å². The lowest BCUT2D eigenvalue weighted by Gasteiger charge is -2.33. The molecule has 0 radical (unpaired) electrons. The minimum Gasteiger partial charge on any atom is -0.468 e. The number of aromatic nitrogens is 2. The number of halogens is 1. The van der Waals surface area contributed by atoms with E-state index in [1.165, 1.54) is 16.8 Å². The third-order valence-electron chi connectivity index (χ3n) is 5.07. The molecule has 0 spiro atoms. The van der Waals surface area contributed by atoms with Crippen LogP contribution in [0.5, 0.6) is 0 Å². The van der Waals surface area contributed by atoms with E-state index in [1.807, 2.05) is 12.1 Å². The second kappa shape index (κ2) is 8.59. The van der Waals surface area contributed by atoms with Gasteiger partial charge in [0.05, 0.1) is 31.2 Å². The highest BCUT2D eigenvalue weighted by Gasteiger charge is 2.26. The van der Waals surface area contributed by atoms with Crippen LogP contribution in [0, 0.1) is 5.82 Å². The van der Waals surface area contributed by atoms with Crippen LogP contribution in [0.1, 0.15) is 22.3 Å². The Kier molecular flexibility index (Phi) is 5.73. The van der Waals surface area contributed by atoms with E-state index in [4.69, 9.17) is 9.15 Å². The van der Waals surface area contributed by atoms with E-state index >= 15 is 0 Å². The van der Waals surface area contributed by atoms with Crippen LogP contribution in [0.25, 0.3) is 11.3 Å². The Balaban J connectivity index is 1.47. The van der Waals surface area contributed by atoms with Crippen LogP contribution in [-0.2, 0) is 11.8 Å². The summed E-state index contributed by atoms with van der Waals surface area (Å²) in [6.07, 6.45) is 1.64. The summed E-state index contributed by atoms with van der Waals surface area (Å²) < 4.78 is 25.7. The van der Waals surface area contributed by atoms with Gasteiger partial charge in [-0.1, -0.05) is 0 Å². The number of morpholine rings is 1. The van der Waals surface area contributed by atoms with E-state index in [2.05, 4.69) is 15.3 Å². The quantitative estimate of drug-likeness (QED) is 0.691. The van der Waals surface area contributed by atoms with Crippen LogP contribution in [0.15, 0.2) is 53.1 Å². The van der Waals surface area contributed by atoms with Gasteiger partial charge in [-0.3, -0.25) is 14.4 Å². The molecule has 1 aliphatic rings. The summed E-state index contributed by atoms with van der Waals surface area (Å²) in [5.41, 5.74) is 1.81. The average molecular weight is 398 g/mol.